The van der Waals surface area contributed by atoms with Crippen molar-refractivity contribution in [2.75, 3.05) is 26.3 Å². The molecule has 6 nitrogen and oxygen atoms in total. The Balaban J connectivity index is 1.69. The fourth-order valence-corrected chi connectivity index (χ4v) is 3.79. The molecule has 2 amide bonds. The number of hydrogen-bond acceptors (Lipinski definition) is 5. The standard InChI is InChI=1S/C24H26N2O4/c1-17(2)30-20-10-8-19(9-11-20)21-22(25-12-14-29-15-13-25)24(28)26(23(21)27)16-18-6-4-3-5-7-18/h3-11,17H,12-16H2,1-2H3. The normalized spacial score (nSPS) is 17.3. The molecule has 0 unspecified atom stereocenters. The number of benzene rings is 2. The van der Waals surface area contributed by atoms with Crippen molar-refractivity contribution < 1.29 is 19.1 Å². The van der Waals surface area contributed by atoms with Gasteiger partial charge in [0.1, 0.15) is 11.4 Å². The molecule has 2 aromatic rings. The van der Waals surface area contributed by atoms with Crippen LogP contribution in [0.25, 0.3) is 5.57 Å². The molecule has 0 radical (unpaired) electrons. The van der Waals surface area contributed by atoms with E-state index in [2.05, 4.69) is 0 Å². The maximum absolute atomic E-state index is 13.4. The summed E-state index contributed by atoms with van der Waals surface area (Å²) in [6, 6.07) is 17.0. The van der Waals surface area contributed by atoms with Crippen LogP contribution < -0.4 is 4.74 Å². The summed E-state index contributed by atoms with van der Waals surface area (Å²) in [6.45, 7) is 6.44. The van der Waals surface area contributed by atoms with Crippen LogP contribution in [0.1, 0.15) is 25.0 Å². The average molecular weight is 406 g/mol. The molecule has 0 atom stereocenters. The molecule has 4 rings (SSSR count). The van der Waals surface area contributed by atoms with Crippen LogP contribution in [0.4, 0.5) is 0 Å². The first-order valence-electron chi connectivity index (χ1n) is 10.3. The Morgan fingerprint density at radius 1 is 0.933 bits per heavy atom. The molecule has 6 heteroatoms. The molecule has 0 spiro atoms. The van der Waals surface area contributed by atoms with E-state index in [0.29, 0.717) is 37.6 Å². The minimum atomic E-state index is -0.261. The zero-order valence-corrected chi connectivity index (χ0v) is 17.3. The van der Waals surface area contributed by atoms with Crippen LogP contribution in [0.3, 0.4) is 0 Å². The van der Waals surface area contributed by atoms with Gasteiger partial charge in [0.2, 0.25) is 0 Å². The van der Waals surface area contributed by atoms with Crippen molar-refractivity contribution in [3.8, 4) is 5.75 Å². The maximum Gasteiger partial charge on any atom is 0.278 e. The zero-order chi connectivity index (χ0) is 21.1. The number of carbonyl (C=O) groups excluding carboxylic acids is 2. The summed E-state index contributed by atoms with van der Waals surface area (Å²) in [5, 5.41) is 0. The van der Waals surface area contributed by atoms with Gasteiger partial charge >= 0.3 is 0 Å². The second-order valence-corrected chi connectivity index (χ2v) is 7.70. The second-order valence-electron chi connectivity index (χ2n) is 7.70. The number of rotatable bonds is 6. The molecule has 0 N–H and O–H groups in total. The first-order chi connectivity index (χ1) is 14.5. The number of amides is 2. The minimum absolute atomic E-state index is 0.0648. The van der Waals surface area contributed by atoms with Crippen LogP contribution in [0.5, 0.6) is 5.75 Å². The number of ether oxygens (including phenoxy) is 2. The van der Waals surface area contributed by atoms with E-state index in [9.17, 15) is 9.59 Å². The van der Waals surface area contributed by atoms with E-state index < -0.39 is 0 Å². The van der Waals surface area contributed by atoms with Gasteiger partial charge in [-0.25, -0.2) is 0 Å². The van der Waals surface area contributed by atoms with Crippen molar-refractivity contribution in [1.82, 2.24) is 9.80 Å². The third kappa shape index (κ3) is 4.09. The first kappa shape index (κ1) is 20.2. The van der Waals surface area contributed by atoms with Crippen molar-refractivity contribution in [2.24, 2.45) is 0 Å². The Bertz CT molecular complexity index is 945. The van der Waals surface area contributed by atoms with E-state index >= 15 is 0 Å². The minimum Gasteiger partial charge on any atom is -0.491 e. The number of carbonyl (C=O) groups is 2. The molecule has 156 valence electrons. The number of morpholine rings is 1. The third-order valence-corrected chi connectivity index (χ3v) is 5.17. The summed E-state index contributed by atoms with van der Waals surface area (Å²) in [5.74, 6) is 0.228. The molecule has 1 fully saturated rings. The van der Waals surface area contributed by atoms with E-state index in [1.807, 2.05) is 73.3 Å². The molecule has 2 aromatic carbocycles. The molecule has 2 aliphatic rings. The van der Waals surface area contributed by atoms with Gasteiger partial charge in [-0.2, -0.15) is 0 Å². The largest absolute Gasteiger partial charge is 0.491 e. The Kier molecular flexibility index (Phi) is 5.86. The fraction of sp³-hybridized carbons (Fsp3) is 0.333. The quantitative estimate of drug-likeness (QED) is 0.690. The Hall–Kier alpha value is -3.12. The number of imide groups is 1. The van der Waals surface area contributed by atoms with Gasteiger partial charge in [0.05, 0.1) is 31.4 Å². The van der Waals surface area contributed by atoms with E-state index in [-0.39, 0.29) is 24.5 Å². The Morgan fingerprint density at radius 3 is 2.23 bits per heavy atom. The van der Waals surface area contributed by atoms with Crippen LogP contribution in [-0.4, -0.2) is 54.0 Å². The molecule has 30 heavy (non-hydrogen) atoms. The lowest BCUT2D eigenvalue weighted by atomic mass is 10.0. The predicted molar refractivity (Wildman–Crippen MR) is 114 cm³/mol. The molecule has 2 aliphatic heterocycles. The summed E-state index contributed by atoms with van der Waals surface area (Å²) >= 11 is 0. The third-order valence-electron chi connectivity index (χ3n) is 5.17. The monoisotopic (exact) mass is 406 g/mol. The molecule has 0 bridgehead atoms. The zero-order valence-electron chi connectivity index (χ0n) is 17.3. The van der Waals surface area contributed by atoms with Crippen molar-refractivity contribution in [3.05, 3.63) is 71.4 Å². The van der Waals surface area contributed by atoms with Gasteiger partial charge in [0, 0.05) is 13.1 Å². The molecular formula is C24H26N2O4. The summed E-state index contributed by atoms with van der Waals surface area (Å²) in [4.78, 5) is 30.1. The van der Waals surface area contributed by atoms with Gasteiger partial charge in [-0.1, -0.05) is 42.5 Å². The fourth-order valence-electron chi connectivity index (χ4n) is 3.79. The van der Waals surface area contributed by atoms with Gasteiger partial charge in [-0.3, -0.25) is 14.5 Å². The van der Waals surface area contributed by atoms with Crippen molar-refractivity contribution in [2.45, 2.75) is 26.5 Å². The summed E-state index contributed by atoms with van der Waals surface area (Å²) < 4.78 is 11.2. The SMILES string of the molecule is CC(C)Oc1ccc(C2=C(N3CCOCC3)C(=O)N(Cc3ccccc3)C2=O)cc1. The van der Waals surface area contributed by atoms with Gasteiger partial charge in [0.25, 0.3) is 11.8 Å². The van der Waals surface area contributed by atoms with Crippen molar-refractivity contribution >= 4 is 17.4 Å². The van der Waals surface area contributed by atoms with Crippen LogP contribution >= 0.6 is 0 Å². The first-order valence-corrected chi connectivity index (χ1v) is 10.3. The topological polar surface area (TPSA) is 59.1 Å². The molecule has 2 heterocycles. The van der Waals surface area contributed by atoms with E-state index in [1.165, 1.54) is 4.90 Å². The van der Waals surface area contributed by atoms with E-state index in [4.69, 9.17) is 9.47 Å². The summed E-state index contributed by atoms with van der Waals surface area (Å²) in [6.07, 6.45) is 0.0648. The van der Waals surface area contributed by atoms with E-state index in [0.717, 1.165) is 16.9 Å². The Morgan fingerprint density at radius 2 is 1.60 bits per heavy atom. The Labute approximate surface area is 176 Å². The van der Waals surface area contributed by atoms with Gasteiger partial charge < -0.3 is 14.4 Å². The lowest BCUT2D eigenvalue weighted by Gasteiger charge is -2.29. The van der Waals surface area contributed by atoms with Crippen LogP contribution in [-0.2, 0) is 20.9 Å². The molecule has 0 aliphatic carbocycles. The lowest BCUT2D eigenvalue weighted by molar-refractivity contribution is -0.138. The maximum atomic E-state index is 13.4. The highest BCUT2D eigenvalue weighted by molar-refractivity contribution is 6.35. The van der Waals surface area contributed by atoms with Gasteiger partial charge in [0.15, 0.2) is 0 Å². The lowest BCUT2D eigenvalue weighted by Crippen LogP contribution is -2.40. The highest BCUT2D eigenvalue weighted by atomic mass is 16.5. The molecule has 0 aromatic heterocycles. The van der Waals surface area contributed by atoms with Crippen LogP contribution in [0, 0.1) is 0 Å². The van der Waals surface area contributed by atoms with Gasteiger partial charge in [-0.05, 0) is 37.1 Å². The van der Waals surface area contributed by atoms with Crippen LogP contribution in [0.15, 0.2) is 60.3 Å². The van der Waals surface area contributed by atoms with Crippen LogP contribution in [0.2, 0.25) is 0 Å². The van der Waals surface area contributed by atoms with E-state index in [1.54, 1.807) is 0 Å². The smallest absolute Gasteiger partial charge is 0.278 e. The predicted octanol–water partition coefficient (Wildman–Crippen LogP) is 3.09. The van der Waals surface area contributed by atoms with Crippen molar-refractivity contribution in [3.63, 3.8) is 0 Å². The summed E-state index contributed by atoms with van der Waals surface area (Å²) in [5.41, 5.74) is 2.56. The second kappa shape index (κ2) is 8.71. The van der Waals surface area contributed by atoms with Gasteiger partial charge in [-0.15, -0.1) is 0 Å². The number of nitrogens with zero attached hydrogens (tertiary/aromatic N) is 2. The number of hydrogen-bond donors (Lipinski definition) is 0. The average Bonchev–Trinajstić information content (AvgIpc) is 3.00. The highest BCUT2D eigenvalue weighted by Gasteiger charge is 2.41. The molecule has 1 saturated heterocycles. The summed E-state index contributed by atoms with van der Waals surface area (Å²) in [7, 11) is 0. The van der Waals surface area contributed by atoms with Crippen molar-refractivity contribution in [1.29, 1.82) is 0 Å². The molecular weight excluding hydrogens is 380 g/mol. The highest BCUT2D eigenvalue weighted by Crippen LogP contribution is 2.33. The molecule has 0 saturated carbocycles.